The summed E-state index contributed by atoms with van der Waals surface area (Å²) in [6, 6.07) is -1.05. The molecule has 0 radical (unpaired) electrons. The van der Waals surface area contributed by atoms with Crippen molar-refractivity contribution in [2.75, 3.05) is 7.11 Å². The molecule has 2 rings (SSSR count). The van der Waals surface area contributed by atoms with Crippen LogP contribution in [-0.4, -0.2) is 172 Å². The number of aliphatic hydroxyl groups excluding tert-OH is 10. The van der Waals surface area contributed by atoms with E-state index in [1.165, 1.54) is 13.2 Å². The molecule has 2 aliphatic heterocycles. The summed E-state index contributed by atoms with van der Waals surface area (Å²) < 4.78 is 24.5. The smallest absolute Gasteiger partial charge is 0.333 e. The normalized spacial score (nSPS) is 29.6. The average Bonchev–Trinajstić information content (AvgIpc) is 3.26. The van der Waals surface area contributed by atoms with Gasteiger partial charge in [0.1, 0.15) is 6.10 Å². The van der Waals surface area contributed by atoms with Gasteiger partial charge in [0.2, 0.25) is 0 Å². The van der Waals surface area contributed by atoms with E-state index >= 15 is 0 Å². The highest BCUT2D eigenvalue weighted by molar-refractivity contribution is 5.88. The summed E-state index contributed by atoms with van der Waals surface area (Å²) in [5.74, 6) is -0.381. The number of carboxylic acid groups (broad SMARTS) is 1. The Morgan fingerprint density at radius 3 is 1.87 bits per heavy atom. The van der Waals surface area contributed by atoms with E-state index in [9.17, 15) is 55.9 Å². The minimum absolute atomic E-state index is 0.00423. The molecule has 2 heterocycles. The molecule has 0 amide bonds. The van der Waals surface area contributed by atoms with E-state index in [1.54, 1.807) is 13.8 Å². The van der Waals surface area contributed by atoms with Crippen LogP contribution in [0.25, 0.3) is 0 Å². The summed E-state index contributed by atoms with van der Waals surface area (Å²) in [5, 5.41) is 123. The Hall–Kier alpha value is -1.43. The molecule has 22 unspecified atom stereocenters. The maximum Gasteiger partial charge on any atom is 0.333 e. The van der Waals surface area contributed by atoms with Gasteiger partial charge >= 0.3 is 5.97 Å². The van der Waals surface area contributed by atoms with Crippen LogP contribution in [0.2, 0.25) is 0 Å². The molecule has 0 bridgehead atoms. The first-order valence-corrected chi connectivity index (χ1v) is 26.8. The van der Waals surface area contributed by atoms with Crippen molar-refractivity contribution < 1.29 is 85.0 Å². The van der Waals surface area contributed by atoms with Crippen LogP contribution < -0.4 is 5.73 Å². The predicted molar refractivity (Wildman–Crippen MR) is 268 cm³/mol. The summed E-state index contributed by atoms with van der Waals surface area (Å²) in [4.78, 5) is 12.6. The molecule has 0 saturated carbocycles. The van der Waals surface area contributed by atoms with Gasteiger partial charge in [-0.05, 0) is 107 Å². The number of carboxylic acids is 1. The zero-order valence-electron chi connectivity index (χ0n) is 44.8. The third-order valence-corrected chi connectivity index (χ3v) is 15.4. The van der Waals surface area contributed by atoms with E-state index in [4.69, 9.17) is 34.9 Å². The van der Waals surface area contributed by atoms with Crippen LogP contribution in [-0.2, 0) is 23.7 Å². The number of ether oxygens (including phenoxy) is 4. The lowest BCUT2D eigenvalue weighted by Crippen LogP contribution is -2.61. The van der Waals surface area contributed by atoms with Crippen LogP contribution in [0.3, 0.4) is 0 Å². The van der Waals surface area contributed by atoms with Crippen LogP contribution in [0.4, 0.5) is 0 Å². The summed E-state index contributed by atoms with van der Waals surface area (Å²) in [6.07, 6.45) is -6.70. The minimum Gasteiger partial charge on any atom is -0.478 e. The molecule has 71 heavy (non-hydrogen) atoms. The second kappa shape index (κ2) is 32.2. The monoisotopic (exact) mass is 1020 g/mol. The number of methoxy groups -OCH3 is 1. The molecule has 0 spiro atoms. The van der Waals surface area contributed by atoms with E-state index in [0.717, 1.165) is 44.9 Å². The highest BCUT2D eigenvalue weighted by Gasteiger charge is 2.45. The Morgan fingerprint density at radius 2 is 1.30 bits per heavy atom. The zero-order valence-corrected chi connectivity index (χ0v) is 44.8. The van der Waals surface area contributed by atoms with E-state index in [-0.39, 0.29) is 74.7 Å². The van der Waals surface area contributed by atoms with Crippen molar-refractivity contribution in [3.05, 3.63) is 11.6 Å². The minimum atomic E-state index is -1.74. The van der Waals surface area contributed by atoms with Gasteiger partial charge in [-0.1, -0.05) is 73.8 Å². The van der Waals surface area contributed by atoms with Gasteiger partial charge in [0.05, 0.1) is 78.8 Å². The lowest BCUT2D eigenvalue weighted by molar-refractivity contribution is -0.291. The van der Waals surface area contributed by atoms with Gasteiger partial charge in [-0.15, -0.1) is 0 Å². The topological polar surface area (TPSA) is 323 Å². The van der Waals surface area contributed by atoms with Crippen molar-refractivity contribution in [2.24, 2.45) is 47.2 Å². The SMILES string of the molecule is COC1(CC(O)CC(O)C(O)CCC(O)CC(O)CC(O)O)CC=C(C(=O)O)C(CC(CCC(C)CCCC(C)CC(C)CC(C)CC(C)CC(C)C(O)C(C)C(C)O)OC2OC(C)C(O)C(N)C2O)O1. The number of aliphatic carboxylic acids is 1. The molecule has 18 nitrogen and oxygen atoms in total. The van der Waals surface area contributed by atoms with Gasteiger partial charge in [-0.25, -0.2) is 4.79 Å². The Labute approximate surface area is 425 Å². The number of hydrogen-bond donors (Lipinski definition) is 13. The number of hydrogen-bond acceptors (Lipinski definition) is 17. The second-order valence-electron chi connectivity index (χ2n) is 22.8. The van der Waals surface area contributed by atoms with Gasteiger partial charge in [0.15, 0.2) is 18.4 Å². The van der Waals surface area contributed by atoms with E-state index < -0.39 is 104 Å². The van der Waals surface area contributed by atoms with Crippen molar-refractivity contribution in [1.82, 2.24) is 0 Å². The molecule has 14 N–H and O–H groups in total. The Kier molecular flexibility index (Phi) is 29.8. The molecular weight excluding hydrogens is 923 g/mol. The van der Waals surface area contributed by atoms with Gasteiger partial charge in [0.25, 0.3) is 0 Å². The summed E-state index contributed by atoms with van der Waals surface area (Å²) >= 11 is 0. The quantitative estimate of drug-likeness (QED) is 0.0396. The molecule has 0 aromatic heterocycles. The van der Waals surface area contributed by atoms with E-state index in [1.807, 2.05) is 6.92 Å². The van der Waals surface area contributed by atoms with Crippen LogP contribution in [0.5, 0.6) is 0 Å². The summed E-state index contributed by atoms with van der Waals surface area (Å²) in [5.41, 5.74) is 6.11. The molecule has 0 aliphatic carbocycles. The Bertz CT molecular complexity index is 1490. The molecular formula is C53H101NO17. The molecule has 18 heteroatoms. The van der Waals surface area contributed by atoms with Crippen molar-refractivity contribution in [2.45, 2.75) is 269 Å². The first-order chi connectivity index (χ1) is 33.1. The van der Waals surface area contributed by atoms with Crippen molar-refractivity contribution >= 4 is 5.97 Å². The Morgan fingerprint density at radius 1 is 0.704 bits per heavy atom. The third kappa shape index (κ3) is 23.6. The lowest BCUT2D eigenvalue weighted by atomic mass is 9.80. The average molecular weight is 1020 g/mol. The predicted octanol–water partition coefficient (Wildman–Crippen LogP) is 3.86. The van der Waals surface area contributed by atoms with E-state index in [0.29, 0.717) is 36.5 Å². The fourth-order valence-corrected chi connectivity index (χ4v) is 11.0. The molecule has 0 aromatic carbocycles. The lowest BCUT2D eigenvalue weighted by Gasteiger charge is -2.43. The highest BCUT2D eigenvalue weighted by Crippen LogP contribution is 2.38. The molecule has 1 fully saturated rings. The maximum absolute atomic E-state index is 12.6. The fourth-order valence-electron chi connectivity index (χ4n) is 11.0. The summed E-state index contributed by atoms with van der Waals surface area (Å²) in [6.45, 7) is 18.7. The number of aliphatic hydroxyl groups is 11. The second-order valence-corrected chi connectivity index (χ2v) is 22.8. The molecule has 1 saturated heterocycles. The van der Waals surface area contributed by atoms with Crippen LogP contribution in [0.15, 0.2) is 11.6 Å². The number of nitrogens with two attached hydrogens (primary N) is 1. The standard InChI is InChI=1S/C53H101NO17/c1-29(12-11-13-30(2)20-31(3)21-32(4)22-33(5)23-34(6)48(63)35(7)36(8)55)14-16-41(70-52-50(65)47(54)49(64)37(9)69-52)27-45-42(51(66)67)18-19-53(68-10,71-45)28-40(58)25-44(60)43(59)17-15-38(56)24-39(57)26-46(61)62/h18,29-41,43-50,52,55-65H,11-17,19-28,54H2,1-10H3,(H,66,67). The van der Waals surface area contributed by atoms with Gasteiger partial charge in [0, 0.05) is 45.1 Å². The van der Waals surface area contributed by atoms with Crippen molar-refractivity contribution in [3.8, 4) is 0 Å². The van der Waals surface area contributed by atoms with Crippen LogP contribution in [0, 0.1) is 41.4 Å². The molecule has 22 atom stereocenters. The number of carbonyl (C=O) groups is 1. The molecule has 0 aromatic rings. The largest absolute Gasteiger partial charge is 0.478 e. The van der Waals surface area contributed by atoms with Gasteiger partial charge < -0.3 is 86.0 Å². The maximum atomic E-state index is 12.6. The van der Waals surface area contributed by atoms with Gasteiger partial charge in [-0.3, -0.25) is 0 Å². The van der Waals surface area contributed by atoms with E-state index in [2.05, 4.69) is 41.5 Å². The first kappa shape index (κ1) is 65.7. The Balaban J connectivity index is 2.06. The first-order valence-electron chi connectivity index (χ1n) is 26.8. The van der Waals surface area contributed by atoms with Crippen LogP contribution in [0.1, 0.15) is 171 Å². The van der Waals surface area contributed by atoms with Crippen LogP contribution >= 0.6 is 0 Å². The zero-order chi connectivity index (χ0) is 53.9. The van der Waals surface area contributed by atoms with Crippen molar-refractivity contribution in [3.63, 3.8) is 0 Å². The molecule has 420 valence electrons. The highest BCUT2D eigenvalue weighted by atomic mass is 16.7. The third-order valence-electron chi connectivity index (χ3n) is 15.4. The number of rotatable bonds is 36. The van der Waals surface area contributed by atoms with Gasteiger partial charge in [-0.2, -0.15) is 0 Å². The summed E-state index contributed by atoms with van der Waals surface area (Å²) in [7, 11) is 1.36. The molecule has 2 aliphatic rings. The fraction of sp³-hybridized carbons (Fsp3) is 0.943. The van der Waals surface area contributed by atoms with Crippen molar-refractivity contribution in [1.29, 1.82) is 0 Å².